The van der Waals surface area contributed by atoms with Gasteiger partial charge in [0.1, 0.15) is 0 Å². The Morgan fingerprint density at radius 1 is 1.40 bits per heavy atom. The van der Waals surface area contributed by atoms with E-state index in [9.17, 15) is 23.3 Å². The molecule has 15 heavy (non-hydrogen) atoms. The molecule has 0 aliphatic rings. The highest BCUT2D eigenvalue weighted by Gasteiger charge is 2.35. The monoisotopic (exact) mass is 333 g/mol. The summed E-state index contributed by atoms with van der Waals surface area (Å²) in [6.45, 7) is 0. The zero-order chi connectivity index (χ0) is 11.6. The van der Waals surface area contributed by atoms with Gasteiger partial charge in [-0.1, -0.05) is 6.07 Å². The zero-order valence-corrected chi connectivity index (χ0v) is 9.07. The first-order valence-corrected chi connectivity index (χ1v) is 4.58. The third kappa shape index (κ3) is 3.22. The number of nitrogens with zero attached hydrogens (tertiary/aromatic N) is 1. The summed E-state index contributed by atoms with van der Waals surface area (Å²) < 4.78 is 39.2. The Bertz CT molecular complexity index is 394. The molecule has 1 aromatic rings. The van der Waals surface area contributed by atoms with Gasteiger partial charge in [0.05, 0.1) is 8.49 Å². The number of para-hydroxylation sites is 1. The molecule has 8 heteroatoms. The van der Waals surface area contributed by atoms with Crippen LogP contribution in [0, 0.1) is 13.7 Å². The molecule has 1 aromatic carbocycles. The number of hydrogen-bond donors (Lipinski definition) is 0. The lowest BCUT2D eigenvalue weighted by Gasteiger charge is -2.09. The minimum absolute atomic E-state index is 0.0827. The predicted octanol–water partition coefficient (Wildman–Crippen LogP) is 3.10. The summed E-state index contributed by atoms with van der Waals surface area (Å²) in [7, 11) is 0. The first-order chi connectivity index (χ1) is 6.81. The Kier molecular flexibility index (Phi) is 3.37. The number of nitro benzene ring substituents is 1. The molecule has 0 aliphatic carbocycles. The second-order valence-electron chi connectivity index (χ2n) is 2.39. The molecule has 0 bridgehead atoms. The quantitative estimate of drug-likeness (QED) is 0.475. The van der Waals surface area contributed by atoms with Crippen LogP contribution in [0.3, 0.4) is 0 Å². The average molecular weight is 333 g/mol. The van der Waals surface area contributed by atoms with E-state index in [1.54, 1.807) is 22.6 Å². The molecule has 0 spiro atoms. The van der Waals surface area contributed by atoms with Gasteiger partial charge in [-0.15, -0.1) is 13.2 Å². The predicted molar refractivity (Wildman–Crippen MR) is 52.5 cm³/mol. The highest BCUT2D eigenvalue weighted by Crippen LogP contribution is 2.35. The van der Waals surface area contributed by atoms with Crippen molar-refractivity contribution >= 4 is 28.3 Å². The van der Waals surface area contributed by atoms with Crippen LogP contribution in [0.25, 0.3) is 0 Å². The van der Waals surface area contributed by atoms with Gasteiger partial charge in [0.2, 0.25) is 5.75 Å². The van der Waals surface area contributed by atoms with Gasteiger partial charge in [-0.2, -0.15) is 0 Å². The summed E-state index contributed by atoms with van der Waals surface area (Å²) in [6.07, 6.45) is -4.94. The molecule has 0 saturated heterocycles. The third-order valence-corrected chi connectivity index (χ3v) is 2.23. The van der Waals surface area contributed by atoms with E-state index in [-0.39, 0.29) is 3.57 Å². The molecule has 0 aromatic heterocycles. The number of halogens is 4. The van der Waals surface area contributed by atoms with Crippen LogP contribution in [0.1, 0.15) is 0 Å². The Morgan fingerprint density at radius 3 is 2.47 bits per heavy atom. The van der Waals surface area contributed by atoms with Gasteiger partial charge in [-0.3, -0.25) is 10.1 Å². The van der Waals surface area contributed by atoms with Crippen LogP contribution in [0.5, 0.6) is 5.75 Å². The summed E-state index contributed by atoms with van der Waals surface area (Å²) in [5, 5.41) is 10.5. The van der Waals surface area contributed by atoms with Crippen LogP contribution in [0.2, 0.25) is 0 Å². The van der Waals surface area contributed by atoms with E-state index in [4.69, 9.17) is 0 Å². The SMILES string of the molecule is O=[N+]([O-])c1c(I)cccc1OC(F)(F)F. The maximum atomic E-state index is 11.9. The summed E-state index contributed by atoms with van der Waals surface area (Å²) in [5.41, 5.74) is -0.685. The standard InChI is InChI=1S/C7H3F3INO3/c8-7(9,10)15-5-3-1-2-4(11)6(5)12(13)14/h1-3H. The molecule has 82 valence electrons. The maximum Gasteiger partial charge on any atom is 0.573 e. The minimum Gasteiger partial charge on any atom is -0.398 e. The lowest BCUT2D eigenvalue weighted by molar-refractivity contribution is -0.389. The van der Waals surface area contributed by atoms with Crippen LogP contribution in [0.15, 0.2) is 18.2 Å². The smallest absolute Gasteiger partial charge is 0.398 e. The van der Waals surface area contributed by atoms with E-state index >= 15 is 0 Å². The third-order valence-electron chi connectivity index (χ3n) is 1.36. The molecule has 0 N–H and O–H groups in total. The van der Waals surface area contributed by atoms with Crippen LogP contribution >= 0.6 is 22.6 Å². The number of nitro groups is 1. The molecule has 0 fully saturated rings. The van der Waals surface area contributed by atoms with Crippen LogP contribution < -0.4 is 4.74 Å². The summed E-state index contributed by atoms with van der Waals surface area (Å²) in [4.78, 5) is 9.57. The van der Waals surface area contributed by atoms with Crippen molar-refractivity contribution in [2.45, 2.75) is 6.36 Å². The maximum absolute atomic E-state index is 11.9. The van der Waals surface area contributed by atoms with Gasteiger partial charge in [-0.05, 0) is 34.7 Å². The lowest BCUT2D eigenvalue weighted by atomic mass is 10.3. The van der Waals surface area contributed by atoms with E-state index in [0.717, 1.165) is 6.07 Å². The van der Waals surface area contributed by atoms with Crippen molar-refractivity contribution in [2.24, 2.45) is 0 Å². The van der Waals surface area contributed by atoms with Gasteiger partial charge in [0.15, 0.2) is 0 Å². The number of rotatable bonds is 2. The minimum atomic E-state index is -4.94. The molecule has 0 atom stereocenters. The molecule has 0 heterocycles. The van der Waals surface area contributed by atoms with E-state index in [1.807, 2.05) is 0 Å². The van der Waals surface area contributed by atoms with Gasteiger partial charge in [0, 0.05) is 0 Å². The van der Waals surface area contributed by atoms with Crippen LogP contribution in [-0.4, -0.2) is 11.3 Å². The first kappa shape index (κ1) is 12.0. The number of hydrogen-bond acceptors (Lipinski definition) is 3. The lowest BCUT2D eigenvalue weighted by Crippen LogP contribution is -2.18. The van der Waals surface area contributed by atoms with Crippen molar-refractivity contribution in [3.8, 4) is 5.75 Å². The fraction of sp³-hybridized carbons (Fsp3) is 0.143. The van der Waals surface area contributed by atoms with Gasteiger partial charge in [0.25, 0.3) is 0 Å². The molecular weight excluding hydrogens is 330 g/mol. The average Bonchev–Trinajstić information content (AvgIpc) is 1.99. The summed E-state index contributed by atoms with van der Waals surface area (Å²) in [5.74, 6) is -0.806. The van der Waals surface area contributed by atoms with E-state index in [1.165, 1.54) is 12.1 Å². The molecule has 0 unspecified atom stereocenters. The fourth-order valence-electron chi connectivity index (χ4n) is 0.880. The summed E-state index contributed by atoms with van der Waals surface area (Å²) in [6, 6.07) is 3.46. The van der Waals surface area contributed by atoms with Crippen LogP contribution in [-0.2, 0) is 0 Å². The van der Waals surface area contributed by atoms with Gasteiger partial charge >= 0.3 is 12.0 Å². The Balaban J connectivity index is 3.18. The zero-order valence-electron chi connectivity index (χ0n) is 6.92. The van der Waals surface area contributed by atoms with E-state index < -0.39 is 22.7 Å². The Morgan fingerprint density at radius 2 is 2.00 bits per heavy atom. The van der Waals surface area contributed by atoms with Crippen molar-refractivity contribution in [1.29, 1.82) is 0 Å². The van der Waals surface area contributed by atoms with E-state index in [0.29, 0.717) is 0 Å². The van der Waals surface area contributed by atoms with Gasteiger partial charge < -0.3 is 4.74 Å². The molecule has 0 amide bonds. The molecule has 4 nitrogen and oxygen atoms in total. The second kappa shape index (κ2) is 4.21. The van der Waals surface area contributed by atoms with Crippen molar-refractivity contribution < 1.29 is 22.8 Å². The highest BCUT2D eigenvalue weighted by molar-refractivity contribution is 14.1. The second-order valence-corrected chi connectivity index (χ2v) is 3.55. The normalized spacial score (nSPS) is 11.2. The topological polar surface area (TPSA) is 52.4 Å². The Hall–Kier alpha value is -1.06. The highest BCUT2D eigenvalue weighted by atomic mass is 127. The van der Waals surface area contributed by atoms with Crippen molar-refractivity contribution in [2.75, 3.05) is 0 Å². The molecule has 1 rings (SSSR count). The first-order valence-electron chi connectivity index (χ1n) is 3.50. The molecule has 0 saturated carbocycles. The van der Waals surface area contributed by atoms with Crippen molar-refractivity contribution in [3.63, 3.8) is 0 Å². The fourth-order valence-corrected chi connectivity index (χ4v) is 1.55. The van der Waals surface area contributed by atoms with Crippen LogP contribution in [0.4, 0.5) is 18.9 Å². The van der Waals surface area contributed by atoms with Crippen molar-refractivity contribution in [3.05, 3.63) is 31.9 Å². The van der Waals surface area contributed by atoms with Gasteiger partial charge in [-0.25, -0.2) is 0 Å². The molecule has 0 aliphatic heterocycles. The largest absolute Gasteiger partial charge is 0.573 e. The van der Waals surface area contributed by atoms with E-state index in [2.05, 4.69) is 4.74 Å². The molecular formula is C7H3F3INO3. The number of alkyl halides is 3. The number of benzene rings is 1. The molecule has 0 radical (unpaired) electrons. The Labute approximate surface area is 95.3 Å². The van der Waals surface area contributed by atoms with Crippen molar-refractivity contribution in [1.82, 2.24) is 0 Å². The summed E-state index contributed by atoms with van der Waals surface area (Å²) >= 11 is 1.56. The number of ether oxygens (including phenoxy) is 1.